The Morgan fingerprint density at radius 2 is 2.38 bits per heavy atom. The number of aliphatic carboxylic acids is 1. The number of aromatic nitrogens is 1. The zero-order chi connectivity index (χ0) is 11.5. The van der Waals surface area contributed by atoms with Gasteiger partial charge in [0, 0.05) is 5.38 Å². The predicted octanol–water partition coefficient (Wildman–Crippen LogP) is 3.70. The molecule has 0 unspecified atom stereocenters. The van der Waals surface area contributed by atoms with Crippen LogP contribution in [-0.4, -0.2) is 21.8 Å². The monoisotopic (exact) mass is 291 g/mol. The van der Waals surface area contributed by atoms with Gasteiger partial charge < -0.3 is 5.11 Å². The fourth-order valence-electron chi connectivity index (χ4n) is 1.01. The summed E-state index contributed by atoms with van der Waals surface area (Å²) >= 11 is 9.97. The molecule has 2 rings (SSSR count). The maximum atomic E-state index is 10.4. The van der Waals surface area contributed by atoms with Crippen LogP contribution in [0.25, 0.3) is 10.6 Å². The first-order valence-electron chi connectivity index (χ1n) is 4.21. The molecule has 0 spiro atoms. The molecule has 0 atom stereocenters. The zero-order valence-corrected chi connectivity index (χ0v) is 11.0. The molecule has 2 aromatic rings. The van der Waals surface area contributed by atoms with E-state index in [1.807, 2.05) is 17.5 Å². The van der Waals surface area contributed by atoms with Gasteiger partial charge in [-0.2, -0.15) is 0 Å². The van der Waals surface area contributed by atoms with Gasteiger partial charge in [-0.3, -0.25) is 4.79 Å². The molecular formula is C9H6ClNO2S3. The molecule has 0 fully saturated rings. The quantitative estimate of drug-likeness (QED) is 0.873. The third-order valence-electron chi connectivity index (χ3n) is 1.63. The summed E-state index contributed by atoms with van der Waals surface area (Å²) in [5, 5.41) is 10.5. The first-order chi connectivity index (χ1) is 7.65. The van der Waals surface area contributed by atoms with Gasteiger partial charge in [0.25, 0.3) is 0 Å². The molecule has 0 saturated carbocycles. The van der Waals surface area contributed by atoms with E-state index >= 15 is 0 Å². The molecule has 0 saturated heterocycles. The summed E-state index contributed by atoms with van der Waals surface area (Å²) in [6.45, 7) is 0. The number of thiazole rings is 1. The summed E-state index contributed by atoms with van der Waals surface area (Å²) < 4.78 is 1.49. The Bertz CT molecular complexity index is 508. The second kappa shape index (κ2) is 5.18. The van der Waals surface area contributed by atoms with Crippen LogP contribution in [0.1, 0.15) is 0 Å². The van der Waals surface area contributed by atoms with Crippen molar-refractivity contribution in [2.45, 2.75) is 4.34 Å². The molecule has 7 heteroatoms. The second-order valence-corrected chi connectivity index (χ2v) is 6.58. The lowest BCUT2D eigenvalue weighted by molar-refractivity contribution is -0.133. The summed E-state index contributed by atoms with van der Waals surface area (Å²) in [7, 11) is 0. The fraction of sp³-hybridized carbons (Fsp3) is 0.111. The van der Waals surface area contributed by atoms with Crippen LogP contribution in [0.15, 0.2) is 21.9 Å². The highest BCUT2D eigenvalue weighted by atomic mass is 35.5. The van der Waals surface area contributed by atoms with E-state index in [-0.39, 0.29) is 5.75 Å². The summed E-state index contributed by atoms with van der Waals surface area (Å²) in [5.41, 5.74) is 0.856. The topological polar surface area (TPSA) is 50.2 Å². The Morgan fingerprint density at radius 3 is 3.00 bits per heavy atom. The van der Waals surface area contributed by atoms with Gasteiger partial charge >= 0.3 is 5.97 Å². The van der Waals surface area contributed by atoms with Crippen molar-refractivity contribution in [1.82, 2.24) is 4.98 Å². The van der Waals surface area contributed by atoms with Crippen LogP contribution < -0.4 is 0 Å². The summed E-state index contributed by atoms with van der Waals surface area (Å²) in [6.07, 6.45) is 0. The molecule has 0 aliphatic heterocycles. The lowest BCUT2D eigenvalue weighted by Crippen LogP contribution is -1.96. The average Bonchev–Trinajstić information content (AvgIpc) is 2.83. The molecular weight excluding hydrogens is 286 g/mol. The van der Waals surface area contributed by atoms with E-state index in [9.17, 15) is 4.79 Å². The van der Waals surface area contributed by atoms with Gasteiger partial charge in [0.15, 0.2) is 4.34 Å². The van der Waals surface area contributed by atoms with Crippen LogP contribution >= 0.6 is 46.0 Å². The van der Waals surface area contributed by atoms with Crippen LogP contribution in [-0.2, 0) is 4.79 Å². The number of nitrogens with zero attached hydrogens (tertiary/aromatic N) is 1. The third kappa shape index (κ3) is 2.98. The van der Waals surface area contributed by atoms with E-state index in [1.165, 1.54) is 34.4 Å². The highest BCUT2D eigenvalue weighted by Crippen LogP contribution is 2.33. The van der Waals surface area contributed by atoms with Gasteiger partial charge in [-0.25, -0.2) is 4.98 Å². The van der Waals surface area contributed by atoms with Crippen molar-refractivity contribution < 1.29 is 9.90 Å². The van der Waals surface area contributed by atoms with Crippen LogP contribution in [0.5, 0.6) is 0 Å². The number of thioether (sulfide) groups is 1. The SMILES string of the molecule is O=C(O)CSc1nc(-c2ccc(Cl)s2)cs1. The Labute approximate surface area is 109 Å². The molecule has 0 amide bonds. The minimum atomic E-state index is -0.832. The highest BCUT2D eigenvalue weighted by molar-refractivity contribution is 8.01. The first kappa shape index (κ1) is 11.9. The van der Waals surface area contributed by atoms with Crippen molar-refractivity contribution in [3.8, 4) is 10.6 Å². The van der Waals surface area contributed by atoms with Crippen LogP contribution in [0.3, 0.4) is 0 Å². The van der Waals surface area contributed by atoms with E-state index in [2.05, 4.69) is 4.98 Å². The molecule has 2 heterocycles. The number of hydrogen-bond donors (Lipinski definition) is 1. The van der Waals surface area contributed by atoms with Gasteiger partial charge in [0.1, 0.15) is 0 Å². The molecule has 0 aliphatic rings. The molecule has 16 heavy (non-hydrogen) atoms. The lowest BCUT2D eigenvalue weighted by Gasteiger charge is -1.90. The van der Waals surface area contributed by atoms with Crippen molar-refractivity contribution >= 4 is 52.0 Å². The molecule has 2 aromatic heterocycles. The van der Waals surface area contributed by atoms with E-state index in [0.717, 1.165) is 19.2 Å². The zero-order valence-electron chi connectivity index (χ0n) is 7.84. The number of carboxylic acid groups (broad SMARTS) is 1. The van der Waals surface area contributed by atoms with Crippen molar-refractivity contribution in [3.05, 3.63) is 21.8 Å². The predicted molar refractivity (Wildman–Crippen MR) is 68.8 cm³/mol. The normalized spacial score (nSPS) is 10.6. The molecule has 0 radical (unpaired) electrons. The van der Waals surface area contributed by atoms with E-state index in [4.69, 9.17) is 16.7 Å². The van der Waals surface area contributed by atoms with Gasteiger partial charge in [-0.05, 0) is 12.1 Å². The fourth-order valence-corrected chi connectivity index (χ4v) is 3.64. The Hall–Kier alpha value is -0.560. The van der Waals surface area contributed by atoms with Gasteiger partial charge in [0.05, 0.1) is 20.7 Å². The summed E-state index contributed by atoms with van der Waals surface area (Å²) in [6, 6.07) is 3.73. The maximum Gasteiger partial charge on any atom is 0.313 e. The number of rotatable bonds is 4. The Kier molecular flexibility index (Phi) is 3.86. The van der Waals surface area contributed by atoms with Gasteiger partial charge in [-0.1, -0.05) is 23.4 Å². The molecule has 1 N–H and O–H groups in total. The molecule has 84 valence electrons. The van der Waals surface area contributed by atoms with Crippen molar-refractivity contribution in [2.75, 3.05) is 5.75 Å². The van der Waals surface area contributed by atoms with Gasteiger partial charge in [0.2, 0.25) is 0 Å². The van der Waals surface area contributed by atoms with Crippen molar-refractivity contribution in [3.63, 3.8) is 0 Å². The van der Waals surface area contributed by atoms with E-state index in [0.29, 0.717) is 0 Å². The molecule has 0 aromatic carbocycles. The maximum absolute atomic E-state index is 10.4. The molecule has 0 aliphatic carbocycles. The van der Waals surface area contributed by atoms with Crippen LogP contribution in [0.4, 0.5) is 0 Å². The highest BCUT2D eigenvalue weighted by Gasteiger charge is 2.08. The lowest BCUT2D eigenvalue weighted by atomic mass is 10.4. The summed E-state index contributed by atoms with van der Waals surface area (Å²) in [4.78, 5) is 15.7. The standard InChI is InChI=1S/C9H6ClNO2S3/c10-7-2-1-6(16-7)5-3-14-9(11-5)15-4-8(12)13/h1-3H,4H2,(H,12,13). The smallest absolute Gasteiger partial charge is 0.313 e. The molecule has 0 bridgehead atoms. The van der Waals surface area contributed by atoms with Crippen LogP contribution in [0.2, 0.25) is 4.34 Å². The summed E-state index contributed by atoms with van der Waals surface area (Å²) in [5.74, 6) is -0.793. The minimum absolute atomic E-state index is 0.0398. The van der Waals surface area contributed by atoms with Crippen molar-refractivity contribution in [2.24, 2.45) is 0 Å². The third-order valence-corrected chi connectivity index (χ3v) is 4.89. The molecule has 3 nitrogen and oxygen atoms in total. The number of thiophene rings is 1. The van der Waals surface area contributed by atoms with E-state index < -0.39 is 5.97 Å². The largest absolute Gasteiger partial charge is 0.481 e. The number of halogens is 1. The number of carboxylic acids is 1. The number of carbonyl (C=O) groups is 1. The minimum Gasteiger partial charge on any atom is -0.481 e. The number of hydrogen-bond acceptors (Lipinski definition) is 5. The second-order valence-electron chi connectivity index (χ2n) is 2.78. The average molecular weight is 292 g/mol. The first-order valence-corrected chi connectivity index (χ1v) is 7.27. The Morgan fingerprint density at radius 1 is 1.56 bits per heavy atom. The van der Waals surface area contributed by atoms with Crippen LogP contribution in [0, 0.1) is 0 Å². The van der Waals surface area contributed by atoms with Crippen molar-refractivity contribution in [1.29, 1.82) is 0 Å². The Balaban J connectivity index is 2.10. The van der Waals surface area contributed by atoms with E-state index in [1.54, 1.807) is 0 Å². The van der Waals surface area contributed by atoms with Gasteiger partial charge in [-0.15, -0.1) is 22.7 Å².